The summed E-state index contributed by atoms with van der Waals surface area (Å²) in [7, 11) is 0. The van der Waals surface area contributed by atoms with Crippen molar-refractivity contribution in [2.75, 3.05) is 18.5 Å². The van der Waals surface area contributed by atoms with Crippen molar-refractivity contribution in [3.8, 4) is 0 Å². The van der Waals surface area contributed by atoms with Crippen molar-refractivity contribution in [2.24, 2.45) is 0 Å². The molecule has 8 nitrogen and oxygen atoms in total. The summed E-state index contributed by atoms with van der Waals surface area (Å²) in [6, 6.07) is 7.56. The van der Waals surface area contributed by atoms with Gasteiger partial charge < -0.3 is 19.3 Å². The first kappa shape index (κ1) is 17.2. The van der Waals surface area contributed by atoms with Gasteiger partial charge in [-0.2, -0.15) is 0 Å². The van der Waals surface area contributed by atoms with Crippen LogP contribution in [0.3, 0.4) is 0 Å². The van der Waals surface area contributed by atoms with E-state index in [2.05, 4.69) is 10.5 Å². The molecule has 0 radical (unpaired) electrons. The normalized spacial score (nSPS) is 10.1. The Labute approximate surface area is 137 Å². The Morgan fingerprint density at radius 2 is 1.83 bits per heavy atom. The van der Waals surface area contributed by atoms with Gasteiger partial charge in [-0.1, -0.05) is 5.16 Å². The van der Waals surface area contributed by atoms with E-state index >= 15 is 0 Å². The van der Waals surface area contributed by atoms with Crippen molar-refractivity contribution in [2.45, 2.75) is 13.8 Å². The average molecular weight is 332 g/mol. The van der Waals surface area contributed by atoms with E-state index in [1.54, 1.807) is 26.0 Å². The molecule has 0 saturated carbocycles. The molecule has 0 aliphatic carbocycles. The molecule has 0 unspecified atom stereocenters. The van der Waals surface area contributed by atoms with Gasteiger partial charge in [0.25, 0.3) is 5.91 Å². The van der Waals surface area contributed by atoms with Gasteiger partial charge in [0.05, 0.1) is 17.9 Å². The van der Waals surface area contributed by atoms with E-state index in [1.807, 2.05) is 0 Å². The van der Waals surface area contributed by atoms with Crippen molar-refractivity contribution in [3.05, 3.63) is 47.3 Å². The number of aromatic nitrogens is 1. The van der Waals surface area contributed by atoms with Crippen molar-refractivity contribution in [1.29, 1.82) is 0 Å². The molecule has 1 aromatic heterocycles. The number of hydrogen-bond donors (Lipinski definition) is 1. The predicted octanol–water partition coefficient (Wildman–Crippen LogP) is 1.96. The third-order valence-electron chi connectivity index (χ3n) is 2.84. The molecule has 2 aromatic rings. The molecule has 1 N–H and O–H groups in total. The lowest BCUT2D eigenvalue weighted by molar-refractivity contribution is -0.119. The molecule has 0 fully saturated rings. The molecule has 1 amide bonds. The van der Waals surface area contributed by atoms with Crippen molar-refractivity contribution in [1.82, 2.24) is 5.16 Å². The Morgan fingerprint density at radius 1 is 1.12 bits per heavy atom. The zero-order chi connectivity index (χ0) is 17.5. The van der Waals surface area contributed by atoms with E-state index in [0.717, 1.165) is 0 Å². The Bertz CT molecular complexity index is 735. The molecule has 1 aromatic carbocycles. The molecule has 126 valence electrons. The number of hydrogen-bond acceptors (Lipinski definition) is 7. The van der Waals surface area contributed by atoms with Gasteiger partial charge in [0.1, 0.15) is 0 Å². The fraction of sp³-hybridized carbons (Fsp3) is 0.250. The Kier molecular flexibility index (Phi) is 5.67. The van der Waals surface area contributed by atoms with E-state index in [4.69, 9.17) is 14.0 Å². The standard InChI is InChI=1S/C16H16N2O6/c1-3-22-15(20)11-4-6-12(7-5-11)17-14(19)9-23-16(21)13-8-10(2)18-24-13/h4-8H,3,9H2,1-2H3,(H,17,19). The molecular formula is C16H16N2O6. The summed E-state index contributed by atoms with van der Waals surface area (Å²) in [5.74, 6) is -1.81. The van der Waals surface area contributed by atoms with Gasteiger partial charge in [0.2, 0.25) is 5.76 Å². The van der Waals surface area contributed by atoms with Crippen LogP contribution in [0.2, 0.25) is 0 Å². The molecule has 1 heterocycles. The molecule has 0 spiro atoms. The molecule has 0 saturated heterocycles. The lowest BCUT2D eigenvalue weighted by Crippen LogP contribution is -2.20. The van der Waals surface area contributed by atoms with Crippen molar-refractivity contribution >= 4 is 23.5 Å². The summed E-state index contributed by atoms with van der Waals surface area (Å²) in [5, 5.41) is 6.09. The van der Waals surface area contributed by atoms with Crippen LogP contribution in [-0.2, 0) is 14.3 Å². The highest BCUT2D eigenvalue weighted by molar-refractivity contribution is 5.95. The lowest BCUT2D eigenvalue weighted by atomic mass is 10.2. The average Bonchev–Trinajstić information content (AvgIpc) is 3.00. The molecule has 2 rings (SSSR count). The topological polar surface area (TPSA) is 108 Å². The van der Waals surface area contributed by atoms with E-state index in [9.17, 15) is 14.4 Å². The second-order valence-corrected chi connectivity index (χ2v) is 4.75. The van der Waals surface area contributed by atoms with E-state index in [1.165, 1.54) is 18.2 Å². The Hall–Kier alpha value is -3.16. The van der Waals surface area contributed by atoms with Crippen LogP contribution in [0.5, 0.6) is 0 Å². The third kappa shape index (κ3) is 4.67. The van der Waals surface area contributed by atoms with Crippen LogP contribution in [0.4, 0.5) is 5.69 Å². The number of esters is 2. The highest BCUT2D eigenvalue weighted by Crippen LogP contribution is 2.11. The molecule has 0 aliphatic heterocycles. The number of rotatable bonds is 6. The van der Waals surface area contributed by atoms with Gasteiger partial charge in [0, 0.05) is 11.8 Å². The number of aryl methyl sites for hydroxylation is 1. The fourth-order valence-electron chi connectivity index (χ4n) is 1.76. The first-order valence-corrected chi connectivity index (χ1v) is 7.17. The van der Waals surface area contributed by atoms with Crippen LogP contribution < -0.4 is 5.32 Å². The minimum absolute atomic E-state index is 0.0703. The largest absolute Gasteiger partial charge is 0.462 e. The minimum Gasteiger partial charge on any atom is -0.462 e. The van der Waals surface area contributed by atoms with Gasteiger partial charge in [0.15, 0.2) is 6.61 Å². The van der Waals surface area contributed by atoms with Gasteiger partial charge >= 0.3 is 11.9 Å². The second kappa shape index (κ2) is 7.91. The zero-order valence-electron chi connectivity index (χ0n) is 13.2. The summed E-state index contributed by atoms with van der Waals surface area (Å²) < 4.78 is 14.4. The number of benzene rings is 1. The van der Waals surface area contributed by atoms with Gasteiger partial charge in [-0.05, 0) is 38.1 Å². The Morgan fingerprint density at radius 3 is 2.42 bits per heavy atom. The van der Waals surface area contributed by atoms with Crippen LogP contribution in [0.15, 0.2) is 34.9 Å². The van der Waals surface area contributed by atoms with E-state index in [-0.39, 0.29) is 12.4 Å². The van der Waals surface area contributed by atoms with Crippen LogP contribution in [0.25, 0.3) is 0 Å². The quantitative estimate of drug-likeness (QED) is 0.805. The summed E-state index contributed by atoms with van der Waals surface area (Å²) in [5.41, 5.74) is 1.37. The Balaban J connectivity index is 1.84. The predicted molar refractivity (Wildman–Crippen MR) is 82.6 cm³/mol. The molecule has 0 bridgehead atoms. The minimum atomic E-state index is -0.775. The zero-order valence-corrected chi connectivity index (χ0v) is 13.2. The summed E-state index contributed by atoms with van der Waals surface area (Å²) >= 11 is 0. The highest BCUT2D eigenvalue weighted by atomic mass is 16.6. The smallest absolute Gasteiger partial charge is 0.377 e. The maximum absolute atomic E-state index is 11.7. The first-order chi connectivity index (χ1) is 11.5. The lowest BCUT2D eigenvalue weighted by Gasteiger charge is -2.06. The molecular weight excluding hydrogens is 316 g/mol. The number of carbonyl (C=O) groups is 3. The highest BCUT2D eigenvalue weighted by Gasteiger charge is 2.15. The van der Waals surface area contributed by atoms with Gasteiger partial charge in [-0.3, -0.25) is 4.79 Å². The van der Waals surface area contributed by atoms with Crippen molar-refractivity contribution < 1.29 is 28.4 Å². The number of nitrogens with one attached hydrogen (secondary N) is 1. The first-order valence-electron chi connectivity index (χ1n) is 7.17. The molecule has 8 heteroatoms. The number of nitrogens with zero attached hydrogens (tertiary/aromatic N) is 1. The van der Waals surface area contributed by atoms with Crippen LogP contribution in [0, 0.1) is 6.92 Å². The van der Waals surface area contributed by atoms with Crippen LogP contribution >= 0.6 is 0 Å². The van der Waals surface area contributed by atoms with Crippen molar-refractivity contribution in [3.63, 3.8) is 0 Å². The van der Waals surface area contributed by atoms with E-state index < -0.39 is 24.5 Å². The summed E-state index contributed by atoms with van der Waals surface area (Å²) in [6.07, 6.45) is 0. The number of ether oxygens (including phenoxy) is 2. The fourth-order valence-corrected chi connectivity index (χ4v) is 1.76. The monoisotopic (exact) mass is 332 g/mol. The van der Waals surface area contributed by atoms with Crippen LogP contribution in [-0.4, -0.2) is 36.2 Å². The number of amides is 1. The summed E-state index contributed by atoms with van der Waals surface area (Å²) in [6.45, 7) is 3.19. The number of carbonyl (C=O) groups excluding carboxylic acids is 3. The van der Waals surface area contributed by atoms with Crippen LogP contribution in [0.1, 0.15) is 33.5 Å². The third-order valence-corrected chi connectivity index (χ3v) is 2.84. The maximum Gasteiger partial charge on any atom is 0.377 e. The van der Waals surface area contributed by atoms with Gasteiger partial charge in [-0.25, -0.2) is 9.59 Å². The SMILES string of the molecule is CCOC(=O)c1ccc(NC(=O)COC(=O)c2cc(C)no2)cc1. The van der Waals surface area contributed by atoms with Gasteiger partial charge in [-0.15, -0.1) is 0 Å². The summed E-state index contributed by atoms with van der Waals surface area (Å²) in [4.78, 5) is 34.9. The molecule has 0 atom stereocenters. The molecule has 0 aliphatic rings. The second-order valence-electron chi connectivity index (χ2n) is 4.75. The molecule has 24 heavy (non-hydrogen) atoms. The van der Waals surface area contributed by atoms with E-state index in [0.29, 0.717) is 16.9 Å². The maximum atomic E-state index is 11.7. The number of anilines is 1.